The number of rotatable bonds is 3. The number of aryl methyl sites for hydroxylation is 1. The monoisotopic (exact) mass is 431 g/mol. The van der Waals surface area contributed by atoms with Gasteiger partial charge in [-0.15, -0.1) is 0 Å². The van der Waals surface area contributed by atoms with Crippen LogP contribution in [-0.4, -0.2) is 51.9 Å². The Morgan fingerprint density at radius 1 is 0.969 bits per heavy atom. The van der Waals surface area contributed by atoms with Gasteiger partial charge in [-0.2, -0.15) is 0 Å². The average molecular weight is 432 g/mol. The second-order valence-corrected chi connectivity index (χ2v) is 10.8. The Morgan fingerprint density at radius 3 is 2.22 bits per heavy atom. The number of nitrogens with zero attached hydrogens (tertiary/aromatic N) is 5. The molecule has 0 spiro atoms. The summed E-state index contributed by atoms with van der Waals surface area (Å²) < 4.78 is 0. The zero-order valence-corrected chi connectivity index (χ0v) is 19.3. The van der Waals surface area contributed by atoms with Crippen molar-refractivity contribution in [2.24, 2.45) is 23.2 Å². The summed E-state index contributed by atoms with van der Waals surface area (Å²) in [6.45, 7) is 7.41. The summed E-state index contributed by atoms with van der Waals surface area (Å²) in [6.07, 6.45) is 11.2. The van der Waals surface area contributed by atoms with Gasteiger partial charge in [0.1, 0.15) is 5.82 Å². The summed E-state index contributed by atoms with van der Waals surface area (Å²) >= 11 is 0. The summed E-state index contributed by atoms with van der Waals surface area (Å²) in [5.74, 6) is 4.61. The number of pyridine rings is 1. The lowest BCUT2D eigenvalue weighted by atomic mass is 9.49. The molecule has 168 valence electrons. The van der Waals surface area contributed by atoms with Gasteiger partial charge in [0, 0.05) is 55.4 Å². The van der Waals surface area contributed by atoms with Gasteiger partial charge < -0.3 is 9.80 Å². The van der Waals surface area contributed by atoms with Crippen LogP contribution in [0.5, 0.6) is 0 Å². The van der Waals surface area contributed by atoms with E-state index in [9.17, 15) is 4.79 Å². The highest BCUT2D eigenvalue weighted by Gasteiger charge is 2.55. The maximum absolute atomic E-state index is 13.7. The maximum atomic E-state index is 13.7. The Morgan fingerprint density at radius 2 is 1.62 bits per heavy atom. The van der Waals surface area contributed by atoms with E-state index >= 15 is 0 Å². The Bertz CT molecular complexity index is 993. The van der Waals surface area contributed by atoms with Gasteiger partial charge >= 0.3 is 0 Å². The molecule has 2 aromatic heterocycles. The standard InChI is InChI=1S/C26H33N5O/c1-17-18(2)28-23(22-4-3-5-27-16-22)29-24(17)30-6-8-31(9-7-30)25(32)26-13-19-10-20(14-26)12-21(11-19)15-26/h3-5,16,19-21H,6-15H2,1-2H3. The molecule has 4 aliphatic carbocycles. The molecular formula is C26H33N5O. The second-order valence-electron chi connectivity index (χ2n) is 10.8. The third-order valence-electron chi connectivity index (χ3n) is 8.64. The Balaban J connectivity index is 1.19. The van der Waals surface area contributed by atoms with E-state index in [4.69, 9.17) is 9.97 Å². The highest BCUT2D eigenvalue weighted by atomic mass is 16.2. The molecule has 1 amide bonds. The Kier molecular flexibility index (Phi) is 4.74. The zero-order chi connectivity index (χ0) is 21.9. The summed E-state index contributed by atoms with van der Waals surface area (Å²) in [5.41, 5.74) is 3.03. The van der Waals surface area contributed by atoms with Gasteiger partial charge in [-0.1, -0.05) is 0 Å². The first-order chi connectivity index (χ1) is 15.5. The second kappa shape index (κ2) is 7.53. The average Bonchev–Trinajstić information content (AvgIpc) is 2.80. The van der Waals surface area contributed by atoms with Crippen molar-refractivity contribution in [2.45, 2.75) is 52.4 Å². The molecule has 5 fully saturated rings. The van der Waals surface area contributed by atoms with Crippen molar-refractivity contribution in [1.29, 1.82) is 0 Å². The van der Waals surface area contributed by atoms with Gasteiger partial charge in [-0.25, -0.2) is 9.97 Å². The van der Waals surface area contributed by atoms with Crippen LogP contribution in [0.2, 0.25) is 0 Å². The van der Waals surface area contributed by atoms with Crippen LogP contribution < -0.4 is 4.90 Å². The fourth-order valence-electron chi connectivity index (χ4n) is 7.38. The maximum Gasteiger partial charge on any atom is 0.228 e. The van der Waals surface area contributed by atoms with Crippen molar-refractivity contribution in [3.63, 3.8) is 0 Å². The first-order valence-corrected chi connectivity index (χ1v) is 12.3. The minimum absolute atomic E-state index is 0.0359. The van der Waals surface area contributed by atoms with Gasteiger partial charge in [-0.3, -0.25) is 9.78 Å². The molecule has 0 N–H and O–H groups in total. The molecule has 6 heteroatoms. The molecule has 3 heterocycles. The molecule has 32 heavy (non-hydrogen) atoms. The molecule has 1 saturated heterocycles. The summed E-state index contributed by atoms with van der Waals surface area (Å²) in [5, 5.41) is 0. The molecule has 0 radical (unpaired) electrons. The van der Waals surface area contributed by atoms with Gasteiger partial charge in [0.15, 0.2) is 5.82 Å². The number of carbonyl (C=O) groups excluding carboxylic acids is 1. The van der Waals surface area contributed by atoms with E-state index in [-0.39, 0.29) is 5.41 Å². The lowest BCUT2D eigenvalue weighted by Gasteiger charge is -2.57. The molecule has 4 saturated carbocycles. The van der Waals surface area contributed by atoms with E-state index in [0.29, 0.717) is 5.91 Å². The molecular weight excluding hydrogens is 398 g/mol. The van der Waals surface area contributed by atoms with Crippen LogP contribution in [0, 0.1) is 37.0 Å². The van der Waals surface area contributed by atoms with E-state index in [2.05, 4.69) is 21.7 Å². The normalized spacial score (nSPS) is 31.2. The third-order valence-corrected chi connectivity index (χ3v) is 8.64. The summed E-state index contributed by atoms with van der Waals surface area (Å²) in [6, 6.07) is 3.92. The van der Waals surface area contributed by atoms with E-state index in [1.165, 1.54) is 19.3 Å². The van der Waals surface area contributed by atoms with Gasteiger partial charge in [0.25, 0.3) is 0 Å². The fraction of sp³-hybridized carbons (Fsp3) is 0.615. The van der Waals surface area contributed by atoms with Crippen molar-refractivity contribution in [3.8, 4) is 11.4 Å². The topological polar surface area (TPSA) is 62.2 Å². The molecule has 0 aromatic carbocycles. The molecule has 4 bridgehead atoms. The van der Waals surface area contributed by atoms with Crippen LogP contribution in [0.15, 0.2) is 24.5 Å². The number of amides is 1. The van der Waals surface area contributed by atoms with Gasteiger partial charge in [-0.05, 0) is 82.3 Å². The minimum Gasteiger partial charge on any atom is -0.353 e. The first-order valence-electron chi connectivity index (χ1n) is 12.3. The largest absolute Gasteiger partial charge is 0.353 e. The van der Waals surface area contributed by atoms with Crippen molar-refractivity contribution in [3.05, 3.63) is 35.8 Å². The van der Waals surface area contributed by atoms with Crippen LogP contribution in [0.3, 0.4) is 0 Å². The number of piperazine rings is 1. The Hall–Kier alpha value is -2.50. The van der Waals surface area contributed by atoms with Crippen LogP contribution >= 0.6 is 0 Å². The molecule has 7 rings (SSSR count). The highest BCUT2D eigenvalue weighted by molar-refractivity contribution is 5.83. The van der Waals surface area contributed by atoms with Crippen molar-refractivity contribution in [1.82, 2.24) is 19.9 Å². The fourth-order valence-corrected chi connectivity index (χ4v) is 7.38. The van der Waals surface area contributed by atoms with Crippen LogP contribution in [0.25, 0.3) is 11.4 Å². The molecule has 2 aromatic rings. The first kappa shape index (κ1) is 20.1. The quantitative estimate of drug-likeness (QED) is 0.735. The van der Waals surface area contributed by atoms with E-state index in [0.717, 1.165) is 91.7 Å². The lowest BCUT2D eigenvalue weighted by Crippen LogP contribution is -2.58. The van der Waals surface area contributed by atoms with Gasteiger partial charge in [0.2, 0.25) is 5.91 Å². The number of hydrogen-bond donors (Lipinski definition) is 0. The van der Waals surface area contributed by atoms with Crippen molar-refractivity contribution < 1.29 is 4.79 Å². The van der Waals surface area contributed by atoms with E-state index in [1.807, 2.05) is 25.3 Å². The summed E-state index contributed by atoms with van der Waals surface area (Å²) in [7, 11) is 0. The predicted octanol–water partition coefficient (Wildman–Crippen LogP) is 4.02. The zero-order valence-electron chi connectivity index (χ0n) is 19.3. The molecule has 0 unspecified atom stereocenters. The molecule has 6 nitrogen and oxygen atoms in total. The Labute approximate surface area is 190 Å². The van der Waals surface area contributed by atoms with Gasteiger partial charge in [0.05, 0.1) is 5.41 Å². The molecule has 1 aliphatic heterocycles. The predicted molar refractivity (Wildman–Crippen MR) is 124 cm³/mol. The van der Waals surface area contributed by atoms with Crippen LogP contribution in [0.4, 0.5) is 5.82 Å². The number of carbonyl (C=O) groups is 1. The minimum atomic E-state index is -0.0359. The molecule has 5 aliphatic rings. The smallest absolute Gasteiger partial charge is 0.228 e. The van der Waals surface area contributed by atoms with E-state index in [1.54, 1.807) is 6.20 Å². The number of anilines is 1. The lowest BCUT2D eigenvalue weighted by molar-refractivity contribution is -0.158. The SMILES string of the molecule is Cc1nc(-c2cccnc2)nc(N2CCN(C(=O)C34CC5CC(CC(C5)C3)C4)CC2)c1C. The molecule has 0 atom stereocenters. The number of hydrogen-bond acceptors (Lipinski definition) is 5. The van der Waals surface area contributed by atoms with Crippen LogP contribution in [0.1, 0.15) is 49.8 Å². The third kappa shape index (κ3) is 3.30. The summed E-state index contributed by atoms with van der Waals surface area (Å²) in [4.78, 5) is 32.1. The van der Waals surface area contributed by atoms with Crippen LogP contribution in [-0.2, 0) is 4.79 Å². The van der Waals surface area contributed by atoms with Crippen molar-refractivity contribution in [2.75, 3.05) is 31.1 Å². The van der Waals surface area contributed by atoms with E-state index < -0.39 is 0 Å². The highest BCUT2D eigenvalue weighted by Crippen LogP contribution is 2.60. The van der Waals surface area contributed by atoms with Crippen molar-refractivity contribution >= 4 is 11.7 Å². The number of aromatic nitrogens is 3.